The number of carboxylic acid groups (broad SMARTS) is 1. The molecule has 2 atom stereocenters. The first-order valence-corrected chi connectivity index (χ1v) is 13.1. The Bertz CT molecular complexity index is 508. The second-order valence-corrected chi connectivity index (χ2v) is 14.3. The molecule has 0 aromatic rings. The first kappa shape index (κ1) is 21.4. The molecule has 1 aliphatic carbocycles. The molecule has 0 aromatic heterocycles. The molecule has 5 nitrogen and oxygen atoms in total. The lowest BCUT2D eigenvalue weighted by molar-refractivity contribution is -0.146. The van der Waals surface area contributed by atoms with E-state index in [0.717, 1.165) is 6.42 Å². The van der Waals surface area contributed by atoms with Crippen LogP contribution in [0.1, 0.15) is 72.1 Å². The van der Waals surface area contributed by atoms with Gasteiger partial charge in [-0.05, 0) is 49.7 Å². The molecule has 150 valence electrons. The SMILES string of the molecule is CC(C)(C)[Si](C)(C)O[C@H](CCN1C(=O)CC[C@@H]1C(=O)O)C1CCCCC1. The molecule has 1 N–H and O–H groups in total. The number of hydrogen-bond acceptors (Lipinski definition) is 3. The van der Waals surface area contributed by atoms with E-state index in [1.165, 1.54) is 32.1 Å². The van der Waals surface area contributed by atoms with Crippen molar-refractivity contribution < 1.29 is 19.1 Å². The molecular weight excluding hydrogens is 346 g/mol. The first-order valence-electron chi connectivity index (χ1n) is 10.2. The van der Waals surface area contributed by atoms with Gasteiger partial charge in [-0.2, -0.15) is 0 Å². The van der Waals surface area contributed by atoms with Gasteiger partial charge in [0.05, 0.1) is 0 Å². The molecule has 0 spiro atoms. The maximum Gasteiger partial charge on any atom is 0.326 e. The van der Waals surface area contributed by atoms with E-state index in [1.807, 2.05) is 0 Å². The third-order valence-electron chi connectivity index (χ3n) is 6.70. The lowest BCUT2D eigenvalue weighted by Gasteiger charge is -2.43. The fourth-order valence-corrected chi connectivity index (χ4v) is 5.41. The Balaban J connectivity index is 2.08. The van der Waals surface area contributed by atoms with Crippen molar-refractivity contribution in [2.75, 3.05) is 6.54 Å². The average Bonchev–Trinajstić information content (AvgIpc) is 2.92. The molecule has 6 heteroatoms. The quantitative estimate of drug-likeness (QED) is 0.661. The van der Waals surface area contributed by atoms with Gasteiger partial charge in [-0.1, -0.05) is 40.0 Å². The van der Waals surface area contributed by atoms with E-state index < -0.39 is 20.3 Å². The summed E-state index contributed by atoms with van der Waals surface area (Å²) in [6.45, 7) is 11.8. The van der Waals surface area contributed by atoms with E-state index >= 15 is 0 Å². The third-order valence-corrected chi connectivity index (χ3v) is 11.2. The normalized spacial score (nSPS) is 24.1. The summed E-state index contributed by atoms with van der Waals surface area (Å²) in [5.74, 6) is -0.360. The number of carbonyl (C=O) groups is 2. The summed E-state index contributed by atoms with van der Waals surface area (Å²) in [6.07, 6.45) is 7.87. The van der Waals surface area contributed by atoms with E-state index in [2.05, 4.69) is 33.9 Å². The molecule has 1 heterocycles. The number of hydrogen-bond donors (Lipinski definition) is 1. The van der Waals surface area contributed by atoms with Crippen molar-refractivity contribution in [1.29, 1.82) is 0 Å². The third kappa shape index (κ3) is 5.09. The van der Waals surface area contributed by atoms with Gasteiger partial charge in [0.2, 0.25) is 5.91 Å². The maximum atomic E-state index is 12.2. The molecule has 2 aliphatic rings. The summed E-state index contributed by atoms with van der Waals surface area (Å²) >= 11 is 0. The number of amides is 1. The van der Waals surface area contributed by atoms with E-state index in [1.54, 1.807) is 4.90 Å². The zero-order valence-corrected chi connectivity index (χ0v) is 18.2. The predicted octanol–water partition coefficient (Wildman–Crippen LogP) is 4.42. The van der Waals surface area contributed by atoms with Crippen LogP contribution in [0.3, 0.4) is 0 Å². The molecule has 0 aromatic carbocycles. The van der Waals surface area contributed by atoms with Gasteiger partial charge in [0.1, 0.15) is 6.04 Å². The lowest BCUT2D eigenvalue weighted by atomic mass is 9.84. The monoisotopic (exact) mass is 383 g/mol. The minimum atomic E-state index is -1.90. The van der Waals surface area contributed by atoms with Crippen LogP contribution in [0, 0.1) is 5.92 Å². The van der Waals surface area contributed by atoms with Crippen LogP contribution < -0.4 is 0 Å². The Morgan fingerprint density at radius 2 is 1.85 bits per heavy atom. The minimum Gasteiger partial charge on any atom is -0.480 e. The topological polar surface area (TPSA) is 66.8 Å². The van der Waals surface area contributed by atoms with Gasteiger partial charge in [-0.15, -0.1) is 0 Å². The largest absolute Gasteiger partial charge is 0.480 e. The zero-order chi connectivity index (χ0) is 19.5. The van der Waals surface area contributed by atoms with Crippen molar-refractivity contribution in [1.82, 2.24) is 4.90 Å². The van der Waals surface area contributed by atoms with Gasteiger partial charge in [0.15, 0.2) is 8.32 Å². The van der Waals surface area contributed by atoms with Crippen molar-refractivity contribution in [2.24, 2.45) is 5.92 Å². The highest BCUT2D eigenvalue weighted by Crippen LogP contribution is 2.40. The summed E-state index contributed by atoms with van der Waals surface area (Å²) in [5.41, 5.74) is 0. The Labute approximate surface area is 159 Å². The van der Waals surface area contributed by atoms with Gasteiger partial charge in [-0.25, -0.2) is 4.79 Å². The van der Waals surface area contributed by atoms with Crippen LogP contribution in [0.15, 0.2) is 0 Å². The molecule has 2 rings (SSSR count). The minimum absolute atomic E-state index is 0.0212. The fourth-order valence-electron chi connectivity index (χ4n) is 3.99. The summed E-state index contributed by atoms with van der Waals surface area (Å²) in [6, 6.07) is -0.651. The number of carbonyl (C=O) groups excluding carboxylic acids is 1. The molecule has 1 saturated carbocycles. The van der Waals surface area contributed by atoms with Crippen molar-refractivity contribution in [3.05, 3.63) is 0 Å². The van der Waals surface area contributed by atoms with Crippen LogP contribution in [0.4, 0.5) is 0 Å². The highest BCUT2D eigenvalue weighted by atomic mass is 28.4. The van der Waals surface area contributed by atoms with Gasteiger partial charge >= 0.3 is 5.97 Å². The van der Waals surface area contributed by atoms with Crippen LogP contribution >= 0.6 is 0 Å². The van der Waals surface area contributed by atoms with Crippen molar-refractivity contribution in [3.8, 4) is 0 Å². The van der Waals surface area contributed by atoms with Crippen molar-refractivity contribution in [2.45, 2.75) is 102 Å². The molecule has 1 amide bonds. The van der Waals surface area contributed by atoms with Gasteiger partial charge < -0.3 is 14.4 Å². The number of rotatable bonds is 7. The highest BCUT2D eigenvalue weighted by Gasteiger charge is 2.42. The molecule has 0 bridgehead atoms. The standard InChI is InChI=1S/C20H37NO4Si/c1-20(2,3)26(4,5)25-17(15-9-7-6-8-10-15)13-14-21-16(19(23)24)11-12-18(21)22/h15-17H,6-14H2,1-5H3,(H,23,24)/t16-,17-/m1/s1. The summed E-state index contributed by atoms with van der Waals surface area (Å²) in [5, 5.41) is 9.54. The Hall–Kier alpha value is -0.883. The van der Waals surface area contributed by atoms with Crippen LogP contribution in [-0.2, 0) is 14.0 Å². The zero-order valence-electron chi connectivity index (χ0n) is 17.2. The number of carboxylic acids is 1. The molecule has 0 radical (unpaired) electrons. The fraction of sp³-hybridized carbons (Fsp3) is 0.900. The summed E-state index contributed by atoms with van der Waals surface area (Å²) < 4.78 is 6.79. The molecule has 1 saturated heterocycles. The van der Waals surface area contributed by atoms with E-state index in [-0.39, 0.29) is 17.0 Å². The average molecular weight is 384 g/mol. The van der Waals surface area contributed by atoms with Crippen molar-refractivity contribution in [3.63, 3.8) is 0 Å². The molecular formula is C20H37NO4Si. The second-order valence-electron chi connectivity index (χ2n) is 9.58. The van der Waals surface area contributed by atoms with E-state index in [9.17, 15) is 14.7 Å². The maximum absolute atomic E-state index is 12.2. The molecule has 0 unspecified atom stereocenters. The number of nitrogens with zero attached hydrogens (tertiary/aromatic N) is 1. The Kier molecular flexibility index (Phi) is 6.94. The van der Waals surface area contributed by atoms with Crippen LogP contribution in [-0.4, -0.2) is 48.9 Å². The smallest absolute Gasteiger partial charge is 0.326 e. The van der Waals surface area contributed by atoms with E-state index in [4.69, 9.17) is 4.43 Å². The van der Waals surface area contributed by atoms with E-state index in [0.29, 0.717) is 25.3 Å². The summed E-state index contributed by atoms with van der Waals surface area (Å²) in [4.78, 5) is 25.2. The Morgan fingerprint density at radius 3 is 2.38 bits per heavy atom. The number of likely N-dealkylation sites (tertiary alicyclic amines) is 1. The molecule has 2 fully saturated rings. The van der Waals surface area contributed by atoms with Crippen molar-refractivity contribution >= 4 is 20.2 Å². The van der Waals surface area contributed by atoms with Gasteiger partial charge in [-0.3, -0.25) is 4.79 Å². The second kappa shape index (κ2) is 8.42. The first-order chi connectivity index (χ1) is 12.0. The lowest BCUT2D eigenvalue weighted by Crippen LogP contribution is -2.47. The summed E-state index contributed by atoms with van der Waals surface area (Å²) in [7, 11) is -1.90. The predicted molar refractivity (Wildman–Crippen MR) is 106 cm³/mol. The highest BCUT2D eigenvalue weighted by molar-refractivity contribution is 6.74. The Morgan fingerprint density at radius 1 is 1.23 bits per heavy atom. The van der Waals surface area contributed by atoms with Crippen LogP contribution in [0.2, 0.25) is 18.1 Å². The number of aliphatic carboxylic acids is 1. The molecule has 26 heavy (non-hydrogen) atoms. The van der Waals surface area contributed by atoms with Crippen LogP contribution in [0.5, 0.6) is 0 Å². The van der Waals surface area contributed by atoms with Crippen LogP contribution in [0.25, 0.3) is 0 Å². The van der Waals surface area contributed by atoms with Gasteiger partial charge in [0.25, 0.3) is 0 Å². The van der Waals surface area contributed by atoms with Gasteiger partial charge in [0, 0.05) is 19.1 Å². The molecule has 1 aliphatic heterocycles.